The average molecular weight is 251 g/mol. The van der Waals surface area contributed by atoms with E-state index >= 15 is 0 Å². The van der Waals surface area contributed by atoms with Crippen molar-refractivity contribution in [2.75, 3.05) is 6.61 Å². The minimum Gasteiger partial charge on any atom is -0.371 e. The van der Waals surface area contributed by atoms with Gasteiger partial charge in [0.15, 0.2) is 5.82 Å². The first-order valence-electron chi connectivity index (χ1n) is 6.83. The summed E-state index contributed by atoms with van der Waals surface area (Å²) < 4.78 is 5.67. The zero-order chi connectivity index (χ0) is 13.4. The largest absolute Gasteiger partial charge is 0.371 e. The monoisotopic (exact) mass is 251 g/mol. The summed E-state index contributed by atoms with van der Waals surface area (Å²) in [5.41, 5.74) is 1.11. The Balaban J connectivity index is 2.61. The minimum atomic E-state index is 0.0344. The predicted octanol–water partition coefficient (Wildman–Crippen LogP) is 2.85. The van der Waals surface area contributed by atoms with E-state index < -0.39 is 0 Å². The van der Waals surface area contributed by atoms with Gasteiger partial charge in [0.05, 0.1) is 0 Å². The molecular formula is C14H25N3O. The molecule has 18 heavy (non-hydrogen) atoms. The van der Waals surface area contributed by atoms with Gasteiger partial charge >= 0.3 is 0 Å². The lowest BCUT2D eigenvalue weighted by atomic mass is 10.2. The average Bonchev–Trinajstić information content (AvgIpc) is 2.37. The Morgan fingerprint density at radius 3 is 2.39 bits per heavy atom. The van der Waals surface area contributed by atoms with Gasteiger partial charge in [0.25, 0.3) is 0 Å². The molecule has 0 saturated carbocycles. The third-order valence-corrected chi connectivity index (χ3v) is 2.65. The molecule has 4 heteroatoms. The first-order valence-corrected chi connectivity index (χ1v) is 6.83. The molecule has 1 aromatic heterocycles. The van der Waals surface area contributed by atoms with Gasteiger partial charge in [-0.15, -0.1) is 0 Å². The molecule has 0 aromatic carbocycles. The van der Waals surface area contributed by atoms with Gasteiger partial charge in [0.1, 0.15) is 6.10 Å². The Hall–Kier alpha value is -1.00. The molecule has 0 aliphatic heterocycles. The highest BCUT2D eigenvalue weighted by Gasteiger charge is 2.13. The maximum absolute atomic E-state index is 5.67. The van der Waals surface area contributed by atoms with Crippen molar-refractivity contribution in [2.24, 2.45) is 0 Å². The maximum atomic E-state index is 5.67. The van der Waals surface area contributed by atoms with Crippen LogP contribution in [0.15, 0.2) is 12.4 Å². The van der Waals surface area contributed by atoms with Crippen LogP contribution < -0.4 is 5.32 Å². The van der Waals surface area contributed by atoms with Crippen LogP contribution in [-0.2, 0) is 11.3 Å². The molecule has 1 N–H and O–H groups in total. The van der Waals surface area contributed by atoms with Crippen LogP contribution in [0, 0.1) is 0 Å². The van der Waals surface area contributed by atoms with Gasteiger partial charge in [-0.2, -0.15) is 0 Å². The van der Waals surface area contributed by atoms with Crippen LogP contribution in [-0.4, -0.2) is 22.6 Å². The van der Waals surface area contributed by atoms with Crippen LogP contribution in [0.1, 0.15) is 58.0 Å². The van der Waals surface area contributed by atoms with E-state index in [1.807, 2.05) is 19.3 Å². The molecule has 4 nitrogen and oxygen atoms in total. The van der Waals surface area contributed by atoms with E-state index in [1.165, 1.54) is 0 Å². The summed E-state index contributed by atoms with van der Waals surface area (Å²) in [4.78, 5) is 8.84. The molecule has 102 valence electrons. The van der Waals surface area contributed by atoms with Gasteiger partial charge < -0.3 is 10.1 Å². The summed E-state index contributed by atoms with van der Waals surface area (Å²) in [7, 11) is 0. The van der Waals surface area contributed by atoms with Gasteiger partial charge in [-0.25, -0.2) is 9.97 Å². The quantitative estimate of drug-likeness (QED) is 0.771. The standard InChI is InChI=1S/C14H25N3O/c1-5-7-13(18-6-2)14-16-9-12(10-17-14)8-15-11(3)4/h9-11,13,15H,5-8H2,1-4H3. The molecule has 0 amide bonds. The lowest BCUT2D eigenvalue weighted by molar-refractivity contribution is 0.0493. The topological polar surface area (TPSA) is 47.0 Å². The van der Waals surface area contributed by atoms with Crippen molar-refractivity contribution in [2.45, 2.75) is 59.2 Å². The molecule has 1 heterocycles. The molecule has 0 aliphatic rings. The Morgan fingerprint density at radius 2 is 1.89 bits per heavy atom. The van der Waals surface area contributed by atoms with E-state index in [1.54, 1.807) is 0 Å². The highest BCUT2D eigenvalue weighted by atomic mass is 16.5. The number of hydrogen-bond acceptors (Lipinski definition) is 4. The van der Waals surface area contributed by atoms with Crippen molar-refractivity contribution >= 4 is 0 Å². The van der Waals surface area contributed by atoms with E-state index in [4.69, 9.17) is 4.74 Å². The van der Waals surface area contributed by atoms with Crippen LogP contribution in [0.3, 0.4) is 0 Å². The zero-order valence-electron chi connectivity index (χ0n) is 11.9. The highest BCUT2D eigenvalue weighted by Crippen LogP contribution is 2.18. The first-order chi connectivity index (χ1) is 8.67. The number of nitrogens with one attached hydrogen (secondary N) is 1. The Morgan fingerprint density at radius 1 is 1.22 bits per heavy atom. The summed E-state index contributed by atoms with van der Waals surface area (Å²) in [6.45, 7) is 9.91. The van der Waals surface area contributed by atoms with E-state index in [0.717, 1.165) is 30.8 Å². The third kappa shape index (κ3) is 5.10. The van der Waals surface area contributed by atoms with Gasteiger partial charge in [0, 0.05) is 37.2 Å². The lowest BCUT2D eigenvalue weighted by Gasteiger charge is -2.15. The lowest BCUT2D eigenvalue weighted by Crippen LogP contribution is -2.22. The zero-order valence-corrected chi connectivity index (χ0v) is 11.9. The molecule has 0 radical (unpaired) electrons. The van der Waals surface area contributed by atoms with Crippen molar-refractivity contribution in [1.29, 1.82) is 0 Å². The number of hydrogen-bond donors (Lipinski definition) is 1. The van der Waals surface area contributed by atoms with Gasteiger partial charge in [-0.3, -0.25) is 0 Å². The summed E-state index contributed by atoms with van der Waals surface area (Å²) >= 11 is 0. The van der Waals surface area contributed by atoms with Crippen LogP contribution in [0.5, 0.6) is 0 Å². The van der Waals surface area contributed by atoms with Crippen LogP contribution in [0.2, 0.25) is 0 Å². The maximum Gasteiger partial charge on any atom is 0.157 e. The summed E-state index contributed by atoms with van der Waals surface area (Å²) in [6.07, 6.45) is 5.85. The Bertz CT molecular complexity index is 318. The summed E-state index contributed by atoms with van der Waals surface area (Å²) in [6, 6.07) is 0.473. The third-order valence-electron chi connectivity index (χ3n) is 2.65. The minimum absolute atomic E-state index is 0.0344. The van der Waals surface area contributed by atoms with Crippen molar-refractivity contribution in [3.63, 3.8) is 0 Å². The van der Waals surface area contributed by atoms with Crippen LogP contribution in [0.25, 0.3) is 0 Å². The smallest absolute Gasteiger partial charge is 0.157 e. The van der Waals surface area contributed by atoms with Crippen molar-refractivity contribution < 1.29 is 4.74 Å². The molecule has 0 fully saturated rings. The van der Waals surface area contributed by atoms with E-state index in [-0.39, 0.29) is 6.10 Å². The van der Waals surface area contributed by atoms with E-state index in [9.17, 15) is 0 Å². The summed E-state index contributed by atoms with van der Waals surface area (Å²) in [5.74, 6) is 0.798. The molecule has 1 rings (SSSR count). The SMILES string of the molecule is CCCC(OCC)c1ncc(CNC(C)C)cn1. The fourth-order valence-electron chi connectivity index (χ4n) is 1.69. The molecular weight excluding hydrogens is 226 g/mol. The molecule has 1 unspecified atom stereocenters. The Labute approximate surface area is 110 Å². The van der Waals surface area contributed by atoms with Gasteiger partial charge in [-0.05, 0) is 13.3 Å². The Kier molecular flexibility index (Phi) is 6.83. The summed E-state index contributed by atoms with van der Waals surface area (Å²) in [5, 5.41) is 3.35. The van der Waals surface area contributed by atoms with Crippen molar-refractivity contribution in [3.8, 4) is 0 Å². The van der Waals surface area contributed by atoms with Crippen LogP contribution in [0.4, 0.5) is 0 Å². The van der Waals surface area contributed by atoms with Crippen molar-refractivity contribution in [3.05, 3.63) is 23.8 Å². The van der Waals surface area contributed by atoms with Crippen LogP contribution >= 0.6 is 0 Å². The normalized spacial score (nSPS) is 12.9. The molecule has 0 bridgehead atoms. The highest BCUT2D eigenvalue weighted by molar-refractivity contribution is 5.06. The second-order valence-electron chi connectivity index (χ2n) is 4.72. The van der Waals surface area contributed by atoms with Gasteiger partial charge in [-0.1, -0.05) is 27.2 Å². The molecule has 0 aliphatic carbocycles. The molecule has 1 aromatic rings. The predicted molar refractivity (Wildman–Crippen MR) is 73.3 cm³/mol. The number of ether oxygens (including phenoxy) is 1. The second-order valence-corrected chi connectivity index (χ2v) is 4.72. The number of rotatable bonds is 8. The number of nitrogens with zero attached hydrogens (tertiary/aromatic N) is 2. The molecule has 0 spiro atoms. The van der Waals surface area contributed by atoms with E-state index in [2.05, 4.69) is 36.1 Å². The van der Waals surface area contributed by atoms with Crippen molar-refractivity contribution in [1.82, 2.24) is 15.3 Å². The van der Waals surface area contributed by atoms with E-state index in [0.29, 0.717) is 12.6 Å². The molecule has 1 atom stereocenters. The van der Waals surface area contributed by atoms with Gasteiger partial charge in [0.2, 0.25) is 0 Å². The molecule has 0 saturated heterocycles. The second kappa shape index (κ2) is 8.16. The fraction of sp³-hybridized carbons (Fsp3) is 0.714. The first kappa shape index (κ1) is 15.1. The fourth-order valence-corrected chi connectivity index (χ4v) is 1.69. The number of aromatic nitrogens is 2.